The summed E-state index contributed by atoms with van der Waals surface area (Å²) >= 11 is 5.76. The number of hydrogen-bond donors (Lipinski definition) is 3. The van der Waals surface area contributed by atoms with E-state index >= 15 is 0 Å². The highest BCUT2D eigenvalue weighted by atomic mass is 35.5. The summed E-state index contributed by atoms with van der Waals surface area (Å²) in [6.45, 7) is 5.21. The Hall–Kier alpha value is -1.82. The number of carbonyl (C=O) groups excluding carboxylic acids is 2. The normalized spacial score (nSPS) is 10.7. The molecule has 1 rings (SSSR count). The van der Waals surface area contributed by atoms with Crippen LogP contribution in [0.15, 0.2) is 18.3 Å². The topological polar surface area (TPSA) is 83.1 Å². The summed E-state index contributed by atoms with van der Waals surface area (Å²) in [6, 6.07) is 2.64. The van der Waals surface area contributed by atoms with E-state index in [0.717, 1.165) is 0 Å². The number of carbonyl (C=O) groups is 2. The maximum atomic E-state index is 11.5. The highest BCUT2D eigenvalue weighted by Gasteiger charge is 2.21. The molecule has 0 bridgehead atoms. The Balaban J connectivity index is 2.49. The number of pyridine rings is 1. The first-order valence-electron chi connectivity index (χ1n) is 5.28. The molecule has 0 atom stereocenters. The van der Waals surface area contributed by atoms with Crippen molar-refractivity contribution in [1.82, 2.24) is 15.8 Å². The molecule has 0 aliphatic heterocycles. The molecule has 6 nitrogen and oxygen atoms in total. The first-order valence-corrected chi connectivity index (χ1v) is 5.66. The SMILES string of the molecule is CC(C)(C)C(=O)NNC(=O)Nc1cccnc1Cl. The number of halogens is 1. The van der Waals surface area contributed by atoms with Gasteiger partial charge >= 0.3 is 6.03 Å². The largest absolute Gasteiger partial charge is 0.338 e. The van der Waals surface area contributed by atoms with Crippen LogP contribution in [0.3, 0.4) is 0 Å². The summed E-state index contributed by atoms with van der Waals surface area (Å²) in [5.41, 5.74) is 4.30. The summed E-state index contributed by atoms with van der Waals surface area (Å²) in [7, 11) is 0. The monoisotopic (exact) mass is 270 g/mol. The third-order valence-electron chi connectivity index (χ3n) is 1.98. The lowest BCUT2D eigenvalue weighted by Crippen LogP contribution is -2.48. The Kier molecular flexibility index (Phi) is 4.49. The van der Waals surface area contributed by atoms with Crippen molar-refractivity contribution in [2.45, 2.75) is 20.8 Å². The molecule has 0 saturated heterocycles. The van der Waals surface area contributed by atoms with Crippen LogP contribution in [0.4, 0.5) is 10.5 Å². The van der Waals surface area contributed by atoms with Crippen molar-refractivity contribution >= 4 is 29.2 Å². The van der Waals surface area contributed by atoms with Crippen molar-refractivity contribution in [3.8, 4) is 0 Å². The number of hydrogen-bond acceptors (Lipinski definition) is 3. The van der Waals surface area contributed by atoms with Gasteiger partial charge in [-0.3, -0.25) is 10.2 Å². The number of nitrogens with one attached hydrogen (secondary N) is 3. The van der Waals surface area contributed by atoms with E-state index in [1.54, 1.807) is 32.9 Å². The molecule has 0 aromatic carbocycles. The summed E-state index contributed by atoms with van der Waals surface area (Å²) < 4.78 is 0. The van der Waals surface area contributed by atoms with Gasteiger partial charge in [0.2, 0.25) is 5.91 Å². The molecule has 0 spiro atoms. The van der Waals surface area contributed by atoms with Crippen LogP contribution in [0.25, 0.3) is 0 Å². The van der Waals surface area contributed by atoms with Gasteiger partial charge < -0.3 is 5.32 Å². The Bertz CT molecular complexity index is 457. The summed E-state index contributed by atoms with van der Waals surface area (Å²) in [4.78, 5) is 26.8. The first kappa shape index (κ1) is 14.2. The number of amides is 3. The van der Waals surface area contributed by atoms with E-state index < -0.39 is 11.4 Å². The lowest BCUT2D eigenvalue weighted by molar-refractivity contribution is -0.129. The number of anilines is 1. The molecule has 7 heteroatoms. The van der Waals surface area contributed by atoms with Crippen molar-refractivity contribution < 1.29 is 9.59 Å². The lowest BCUT2D eigenvalue weighted by atomic mass is 9.96. The Morgan fingerprint density at radius 2 is 1.94 bits per heavy atom. The van der Waals surface area contributed by atoms with E-state index in [9.17, 15) is 9.59 Å². The minimum Gasteiger partial charge on any atom is -0.304 e. The zero-order chi connectivity index (χ0) is 13.8. The smallest absolute Gasteiger partial charge is 0.304 e. The van der Waals surface area contributed by atoms with Crippen LogP contribution in [-0.2, 0) is 4.79 Å². The molecule has 0 aliphatic carbocycles. The van der Waals surface area contributed by atoms with Gasteiger partial charge in [-0.25, -0.2) is 15.2 Å². The van der Waals surface area contributed by atoms with Crippen molar-refractivity contribution in [3.63, 3.8) is 0 Å². The molecule has 0 aliphatic rings. The van der Waals surface area contributed by atoms with Crippen LogP contribution in [0.5, 0.6) is 0 Å². The number of hydrazine groups is 1. The number of urea groups is 1. The number of nitrogens with zero attached hydrogens (tertiary/aromatic N) is 1. The third-order valence-corrected chi connectivity index (χ3v) is 2.28. The maximum absolute atomic E-state index is 11.5. The molecule has 1 aromatic heterocycles. The summed E-state index contributed by atoms with van der Waals surface area (Å²) in [6.07, 6.45) is 1.51. The van der Waals surface area contributed by atoms with Crippen LogP contribution in [0.2, 0.25) is 5.15 Å². The maximum Gasteiger partial charge on any atom is 0.338 e. The molecule has 3 amide bonds. The molecule has 1 aromatic rings. The zero-order valence-electron chi connectivity index (χ0n) is 10.4. The Morgan fingerprint density at radius 3 is 2.50 bits per heavy atom. The van der Waals surface area contributed by atoms with Gasteiger partial charge in [0.15, 0.2) is 5.15 Å². The average molecular weight is 271 g/mol. The lowest BCUT2D eigenvalue weighted by Gasteiger charge is -2.18. The second-order valence-corrected chi connectivity index (χ2v) is 4.98. The summed E-state index contributed by atoms with van der Waals surface area (Å²) in [5.74, 6) is -0.296. The van der Waals surface area contributed by atoms with Crippen molar-refractivity contribution in [2.75, 3.05) is 5.32 Å². The van der Waals surface area contributed by atoms with Crippen LogP contribution in [0, 0.1) is 5.41 Å². The number of aromatic nitrogens is 1. The van der Waals surface area contributed by atoms with Crippen molar-refractivity contribution in [3.05, 3.63) is 23.5 Å². The van der Waals surface area contributed by atoms with Crippen molar-refractivity contribution in [2.24, 2.45) is 5.41 Å². The zero-order valence-corrected chi connectivity index (χ0v) is 11.1. The Morgan fingerprint density at radius 1 is 1.28 bits per heavy atom. The van der Waals surface area contributed by atoms with E-state index in [-0.39, 0.29) is 11.1 Å². The van der Waals surface area contributed by atoms with Gasteiger partial charge in [-0.15, -0.1) is 0 Å². The molecule has 1 heterocycles. The molecular weight excluding hydrogens is 256 g/mol. The second kappa shape index (κ2) is 5.68. The van der Waals surface area contributed by atoms with Gasteiger partial charge in [0.1, 0.15) is 0 Å². The fourth-order valence-corrected chi connectivity index (χ4v) is 1.10. The van der Waals surface area contributed by atoms with E-state index in [1.807, 2.05) is 0 Å². The quantitative estimate of drug-likeness (QED) is 0.539. The van der Waals surface area contributed by atoms with Crippen molar-refractivity contribution in [1.29, 1.82) is 0 Å². The third kappa shape index (κ3) is 4.21. The molecular formula is C11H15ClN4O2. The fraction of sp³-hybridized carbons (Fsp3) is 0.364. The Labute approximate surface area is 110 Å². The van der Waals surface area contributed by atoms with E-state index in [1.165, 1.54) is 6.20 Å². The standard InChI is InChI=1S/C11H15ClN4O2/c1-11(2,3)9(17)15-16-10(18)14-7-5-4-6-13-8(7)12/h4-6H,1-3H3,(H,15,17)(H2,14,16,18). The predicted octanol–water partition coefficient (Wildman–Crippen LogP) is 1.93. The molecule has 98 valence electrons. The molecule has 0 unspecified atom stereocenters. The van der Waals surface area contributed by atoms with Gasteiger partial charge in [0.25, 0.3) is 0 Å². The molecule has 3 N–H and O–H groups in total. The number of rotatable bonds is 1. The molecule has 0 fully saturated rings. The summed E-state index contributed by atoms with van der Waals surface area (Å²) in [5, 5.41) is 2.63. The second-order valence-electron chi connectivity index (χ2n) is 4.63. The van der Waals surface area contributed by atoms with Gasteiger partial charge in [0.05, 0.1) is 5.69 Å². The molecule has 18 heavy (non-hydrogen) atoms. The van der Waals surface area contributed by atoms with Crippen LogP contribution < -0.4 is 16.2 Å². The van der Waals surface area contributed by atoms with Crippen LogP contribution in [-0.4, -0.2) is 16.9 Å². The van der Waals surface area contributed by atoms with Crippen LogP contribution in [0.1, 0.15) is 20.8 Å². The molecule has 0 saturated carbocycles. The predicted molar refractivity (Wildman–Crippen MR) is 69.0 cm³/mol. The first-order chi connectivity index (χ1) is 8.30. The van der Waals surface area contributed by atoms with E-state index in [2.05, 4.69) is 21.2 Å². The highest BCUT2D eigenvalue weighted by Crippen LogP contribution is 2.17. The minimum atomic E-state index is -0.595. The average Bonchev–Trinajstić information content (AvgIpc) is 2.27. The molecule has 0 radical (unpaired) electrons. The van der Waals surface area contributed by atoms with Gasteiger partial charge in [-0.1, -0.05) is 32.4 Å². The van der Waals surface area contributed by atoms with E-state index in [4.69, 9.17) is 11.6 Å². The van der Waals surface area contributed by atoms with Crippen LogP contribution >= 0.6 is 11.6 Å². The van der Waals surface area contributed by atoms with Gasteiger partial charge in [-0.2, -0.15) is 0 Å². The van der Waals surface area contributed by atoms with E-state index in [0.29, 0.717) is 5.69 Å². The van der Waals surface area contributed by atoms with Gasteiger partial charge in [0, 0.05) is 11.6 Å². The van der Waals surface area contributed by atoms with Gasteiger partial charge in [-0.05, 0) is 12.1 Å². The minimum absolute atomic E-state index is 0.176. The fourth-order valence-electron chi connectivity index (χ4n) is 0.934. The highest BCUT2D eigenvalue weighted by molar-refractivity contribution is 6.32.